The quantitative estimate of drug-likeness (QED) is 0.0814. The fraction of sp³-hybridized carbons (Fsp3) is 0.455. The van der Waals surface area contributed by atoms with Crippen LogP contribution in [0.15, 0.2) is 66.0 Å². The van der Waals surface area contributed by atoms with Crippen molar-refractivity contribution in [1.29, 1.82) is 5.41 Å². The Balaban J connectivity index is 0.000000174. The van der Waals surface area contributed by atoms with Crippen LogP contribution in [0.1, 0.15) is 38.5 Å². The molecule has 0 bridgehead atoms. The average molecular weight is 1130 g/mol. The van der Waals surface area contributed by atoms with Crippen LogP contribution in [0, 0.1) is 17.2 Å². The van der Waals surface area contributed by atoms with Crippen molar-refractivity contribution in [3.63, 3.8) is 0 Å². The molecular formula is C44H50Br2N12O10S2. The standard InChI is InChI=1S/2C22H25BrN6O5S/c23-13-7-15-16(34-11-33-15)8-17(13)35-22-26-18-19(24)25-10-29(20(18)27-22)6-3-12-1-4-28(5-2-12)21(32)14(31)9-30;23-13-7-15-16(34-11-33-15)8-17(13)35-22-27-18-19(24)25-10-26-20(18)29(22)6-3-12-1-4-28(5-2-12)21(32)14(31)9-30/h7-8,10,12,14,24,30-31H,1-6,9,11H2,(H,26,27);7-8,10,12,14,30-31H,1-6,9,11H2,(H2,24,25,26)/t2*14-/m00/s1. The van der Waals surface area contributed by atoms with Crippen molar-refractivity contribution in [3.05, 3.63) is 51.4 Å². The number of piperidine rings is 2. The number of aromatic nitrogens is 8. The fourth-order valence-electron chi connectivity index (χ4n) is 8.64. The first-order valence-corrected chi connectivity index (χ1v) is 25.7. The topological polar surface area (TPSA) is 298 Å². The molecule has 8 N–H and O–H groups in total. The third-order valence-corrected chi connectivity index (χ3v) is 16.4. The number of nitrogens with one attached hydrogen (secondary N) is 2. The molecule has 6 aromatic rings. The molecular weight excluding hydrogens is 1080 g/mol. The lowest BCUT2D eigenvalue weighted by Gasteiger charge is -2.33. The smallest absolute Gasteiger partial charge is 0.253 e. The van der Waals surface area contributed by atoms with Gasteiger partial charge in [-0.05, 0) is 106 Å². The van der Waals surface area contributed by atoms with Gasteiger partial charge in [0.2, 0.25) is 13.6 Å². The predicted octanol–water partition coefficient (Wildman–Crippen LogP) is 3.90. The number of nitrogens with zero attached hydrogens (tertiary/aromatic N) is 9. The number of rotatable bonds is 14. The maximum Gasteiger partial charge on any atom is 0.253 e. The number of ether oxygens (including phenoxy) is 4. The molecule has 70 heavy (non-hydrogen) atoms. The van der Waals surface area contributed by atoms with E-state index in [1.807, 2.05) is 28.8 Å². The molecule has 10 rings (SSSR count). The second-order valence-corrected chi connectivity index (χ2v) is 20.7. The Hall–Kier alpha value is -5.22. The predicted molar refractivity (Wildman–Crippen MR) is 260 cm³/mol. The number of hydrogen-bond acceptors (Lipinski definition) is 19. The number of likely N-dealkylation sites (tertiary alicyclic amines) is 2. The molecule has 0 spiro atoms. The number of hydrogen-bond donors (Lipinski definition) is 7. The maximum absolute atomic E-state index is 12.1. The Labute approximate surface area is 425 Å². The van der Waals surface area contributed by atoms with Gasteiger partial charge in [0.1, 0.15) is 11.8 Å². The Morgan fingerprint density at radius 2 is 1.29 bits per heavy atom. The van der Waals surface area contributed by atoms with E-state index >= 15 is 0 Å². The molecule has 0 radical (unpaired) electrons. The van der Waals surface area contributed by atoms with E-state index in [1.165, 1.54) is 29.9 Å². The molecule has 4 aliphatic rings. The van der Waals surface area contributed by atoms with Gasteiger partial charge in [-0.1, -0.05) is 23.5 Å². The normalized spacial score (nSPS) is 16.7. The van der Waals surface area contributed by atoms with Crippen molar-refractivity contribution in [3.8, 4) is 23.0 Å². The summed E-state index contributed by atoms with van der Waals surface area (Å²) in [6, 6.07) is 7.57. The van der Waals surface area contributed by atoms with E-state index in [1.54, 1.807) is 16.1 Å². The van der Waals surface area contributed by atoms with Gasteiger partial charge >= 0.3 is 0 Å². The lowest BCUT2D eigenvalue weighted by molar-refractivity contribution is -0.144. The largest absolute Gasteiger partial charge is 0.454 e. The minimum absolute atomic E-state index is 0.134. The summed E-state index contributed by atoms with van der Waals surface area (Å²) in [6.07, 6.45) is 5.47. The number of benzene rings is 2. The number of halogens is 2. The SMILES string of the molecule is N=c1ncn(CCC2CCN(C(=O)[C@@H](O)CO)CC2)c2nc(Sc3cc4c(cc3Br)OCO4)[nH]c12.Nc1ncnc2c1nc(Sc1cc3c(cc1Br)OCO3)n2CCC1CCN(C(=O)[C@@H](O)CO)CC1. The first kappa shape index (κ1) is 49.7. The summed E-state index contributed by atoms with van der Waals surface area (Å²) in [7, 11) is 0. The second-order valence-electron chi connectivity index (χ2n) is 17.0. The first-order valence-electron chi connectivity index (χ1n) is 22.5. The highest BCUT2D eigenvalue weighted by Gasteiger charge is 2.29. The number of anilines is 1. The molecule has 2 aromatic carbocycles. The number of imidazole rings is 2. The number of aryl methyl sites for hydroxylation is 2. The summed E-state index contributed by atoms with van der Waals surface area (Å²) in [4.78, 5) is 54.7. The van der Waals surface area contributed by atoms with Crippen LogP contribution in [-0.4, -0.2) is 146 Å². The molecule has 0 aliphatic carbocycles. The van der Waals surface area contributed by atoms with Gasteiger partial charge in [0.25, 0.3) is 11.8 Å². The van der Waals surface area contributed by atoms with Gasteiger partial charge in [0.05, 0.1) is 19.5 Å². The summed E-state index contributed by atoms with van der Waals surface area (Å²) < 4.78 is 27.6. The van der Waals surface area contributed by atoms with Crippen LogP contribution in [0.3, 0.4) is 0 Å². The van der Waals surface area contributed by atoms with E-state index in [9.17, 15) is 19.8 Å². The van der Waals surface area contributed by atoms with Crippen LogP contribution in [-0.2, 0) is 22.7 Å². The molecule has 4 aromatic heterocycles. The van der Waals surface area contributed by atoms with E-state index < -0.39 is 37.2 Å². The number of carbonyl (C=O) groups is 2. The Morgan fingerprint density at radius 3 is 1.84 bits per heavy atom. The molecule has 4 aliphatic heterocycles. The number of aliphatic hydroxyl groups excluding tert-OH is 4. The van der Waals surface area contributed by atoms with E-state index in [2.05, 4.69) is 56.4 Å². The van der Waals surface area contributed by atoms with E-state index in [0.717, 1.165) is 62.4 Å². The zero-order valence-corrected chi connectivity index (χ0v) is 42.3. The van der Waals surface area contributed by atoms with Crippen molar-refractivity contribution in [2.45, 2.75) is 83.9 Å². The number of nitrogen functional groups attached to an aromatic ring is 1. The summed E-state index contributed by atoms with van der Waals surface area (Å²) >= 11 is 10.1. The van der Waals surface area contributed by atoms with Gasteiger partial charge in [-0.3, -0.25) is 15.0 Å². The van der Waals surface area contributed by atoms with Crippen LogP contribution in [0.25, 0.3) is 22.3 Å². The minimum Gasteiger partial charge on any atom is -0.454 e. The molecule has 0 unspecified atom stereocenters. The van der Waals surface area contributed by atoms with Crippen LogP contribution in [0.4, 0.5) is 5.82 Å². The van der Waals surface area contributed by atoms with Gasteiger partial charge in [0, 0.05) is 58.0 Å². The number of fused-ring (bicyclic) bond motifs is 4. The second kappa shape index (κ2) is 22.0. The number of nitrogens with two attached hydrogens (primary N) is 1. The summed E-state index contributed by atoms with van der Waals surface area (Å²) in [5, 5.41) is 46.8. The van der Waals surface area contributed by atoms with Gasteiger partial charge in [-0.25, -0.2) is 24.9 Å². The van der Waals surface area contributed by atoms with Crippen molar-refractivity contribution >= 4 is 95.3 Å². The van der Waals surface area contributed by atoms with Crippen molar-refractivity contribution < 1.29 is 49.0 Å². The first-order chi connectivity index (χ1) is 33.9. The third-order valence-electron chi connectivity index (χ3n) is 12.6. The maximum atomic E-state index is 12.1. The summed E-state index contributed by atoms with van der Waals surface area (Å²) in [5.41, 5.74) is 8.71. The van der Waals surface area contributed by atoms with Gasteiger partial charge in [-0.15, -0.1) is 0 Å². The Kier molecular flexibility index (Phi) is 15.7. The van der Waals surface area contributed by atoms with Crippen LogP contribution >= 0.6 is 55.4 Å². The zero-order valence-electron chi connectivity index (χ0n) is 37.5. The van der Waals surface area contributed by atoms with Crippen LogP contribution in [0.5, 0.6) is 23.0 Å². The summed E-state index contributed by atoms with van der Waals surface area (Å²) in [5.74, 6) is 3.09. The van der Waals surface area contributed by atoms with Crippen molar-refractivity contribution in [2.24, 2.45) is 11.8 Å². The summed E-state index contributed by atoms with van der Waals surface area (Å²) in [6.45, 7) is 2.91. The number of aliphatic hydroxyl groups is 4. The Bertz CT molecular complexity index is 2950. The van der Waals surface area contributed by atoms with E-state index in [-0.39, 0.29) is 19.1 Å². The fourth-order valence-corrected chi connectivity index (χ4v) is 11.5. The minimum atomic E-state index is -1.34. The van der Waals surface area contributed by atoms with Crippen molar-refractivity contribution in [2.75, 3.05) is 58.7 Å². The van der Waals surface area contributed by atoms with Crippen molar-refractivity contribution in [1.82, 2.24) is 48.8 Å². The highest BCUT2D eigenvalue weighted by molar-refractivity contribution is 9.10. The average Bonchev–Trinajstić information content (AvgIpc) is 4.20. The lowest BCUT2D eigenvalue weighted by atomic mass is 9.93. The molecule has 372 valence electrons. The van der Waals surface area contributed by atoms with E-state index in [0.29, 0.717) is 107 Å². The number of amides is 2. The van der Waals surface area contributed by atoms with Gasteiger partial charge < -0.3 is 69.0 Å². The highest BCUT2D eigenvalue weighted by Crippen LogP contribution is 2.44. The number of H-pyrrole nitrogens is 1. The molecule has 0 saturated carbocycles. The Morgan fingerprint density at radius 1 is 0.757 bits per heavy atom. The highest BCUT2D eigenvalue weighted by atomic mass is 79.9. The van der Waals surface area contributed by atoms with Gasteiger partial charge in [0.15, 0.2) is 73.6 Å². The molecule has 2 amide bonds. The molecule has 8 heterocycles. The molecule has 22 nitrogen and oxygen atoms in total. The third kappa shape index (κ3) is 11.0. The monoisotopic (exact) mass is 1130 g/mol. The van der Waals surface area contributed by atoms with Crippen LogP contribution < -0.4 is 30.2 Å². The lowest BCUT2D eigenvalue weighted by Crippen LogP contribution is -2.45. The molecule has 2 atom stereocenters. The molecule has 26 heteroatoms. The number of aromatic amines is 1. The van der Waals surface area contributed by atoms with E-state index in [4.69, 9.17) is 50.3 Å². The molecule has 2 fully saturated rings. The molecule has 2 saturated heterocycles. The number of carbonyl (C=O) groups excluding carboxylic acids is 2. The zero-order chi connectivity index (χ0) is 49.1. The van der Waals surface area contributed by atoms with Gasteiger partial charge in [-0.2, -0.15) is 0 Å². The van der Waals surface area contributed by atoms with Crippen LogP contribution in [0.2, 0.25) is 0 Å².